The molecule has 0 saturated carbocycles. The molecule has 3 aromatic carbocycles. The van der Waals surface area contributed by atoms with Crippen LogP contribution in [0.4, 0.5) is 0 Å². The first kappa shape index (κ1) is 16.0. The van der Waals surface area contributed by atoms with Gasteiger partial charge in [0, 0.05) is 29.2 Å². The zero-order valence-electron chi connectivity index (χ0n) is 14.0. The van der Waals surface area contributed by atoms with Crippen LogP contribution in [0.15, 0.2) is 60.7 Å². The van der Waals surface area contributed by atoms with Crippen LogP contribution in [0.25, 0.3) is 0 Å². The number of aromatic carboxylic acids is 1. The van der Waals surface area contributed by atoms with Gasteiger partial charge in [0.05, 0.1) is 12.7 Å². The zero-order chi connectivity index (χ0) is 18.3. The molecule has 0 bridgehead atoms. The van der Waals surface area contributed by atoms with Gasteiger partial charge in [-0.1, -0.05) is 30.3 Å². The number of carbonyl (C=O) groups is 1. The van der Waals surface area contributed by atoms with E-state index in [0.717, 1.165) is 11.1 Å². The van der Waals surface area contributed by atoms with Crippen LogP contribution < -0.4 is 9.47 Å². The minimum Gasteiger partial charge on any atom is -0.508 e. The molecule has 130 valence electrons. The summed E-state index contributed by atoms with van der Waals surface area (Å²) in [7, 11) is 1.57. The van der Waals surface area contributed by atoms with Crippen LogP contribution in [-0.4, -0.2) is 23.3 Å². The lowest BCUT2D eigenvalue weighted by atomic mass is 9.80. The molecule has 0 spiro atoms. The van der Waals surface area contributed by atoms with Crippen LogP contribution in [0.5, 0.6) is 23.0 Å². The topological polar surface area (TPSA) is 76.0 Å². The number of phenolic OH excluding ortho intramolecular Hbond substituents is 1. The number of hydrogen-bond acceptors (Lipinski definition) is 4. The van der Waals surface area contributed by atoms with Crippen molar-refractivity contribution in [3.8, 4) is 23.0 Å². The quantitative estimate of drug-likeness (QED) is 0.574. The molecule has 1 heterocycles. The lowest BCUT2D eigenvalue weighted by Gasteiger charge is -2.29. The molecule has 1 atom stereocenters. The maximum Gasteiger partial charge on any atom is 0.335 e. The first-order valence-corrected chi connectivity index (χ1v) is 8.09. The van der Waals surface area contributed by atoms with Gasteiger partial charge in [-0.3, -0.25) is 0 Å². The second kappa shape index (κ2) is 6.11. The standard InChI is InChI=1S/C21H16O5/c1-25-13-7-9-17-19(11-13)26-18-10-12(22)6-8-16(18)20(17)14-4-2-3-5-15(14)21(23)24/h2-11,20,22H,1H3,(H,23,24). The summed E-state index contributed by atoms with van der Waals surface area (Å²) in [5.41, 5.74) is 2.55. The van der Waals surface area contributed by atoms with Crippen LogP contribution in [0.3, 0.4) is 0 Å². The van der Waals surface area contributed by atoms with E-state index >= 15 is 0 Å². The molecule has 0 saturated heterocycles. The monoisotopic (exact) mass is 348 g/mol. The van der Waals surface area contributed by atoms with Crippen LogP contribution in [0.1, 0.15) is 33.0 Å². The van der Waals surface area contributed by atoms with Crippen molar-refractivity contribution >= 4 is 5.97 Å². The van der Waals surface area contributed by atoms with Crippen molar-refractivity contribution < 1.29 is 24.5 Å². The van der Waals surface area contributed by atoms with Gasteiger partial charge in [-0.25, -0.2) is 4.79 Å². The van der Waals surface area contributed by atoms with Gasteiger partial charge >= 0.3 is 5.97 Å². The van der Waals surface area contributed by atoms with E-state index in [1.807, 2.05) is 24.3 Å². The summed E-state index contributed by atoms with van der Waals surface area (Å²) in [5, 5.41) is 19.5. The van der Waals surface area contributed by atoms with Crippen molar-refractivity contribution in [3.05, 3.63) is 82.9 Å². The molecule has 5 nitrogen and oxygen atoms in total. The second-order valence-corrected chi connectivity index (χ2v) is 6.05. The van der Waals surface area contributed by atoms with Gasteiger partial charge in [-0.2, -0.15) is 0 Å². The average molecular weight is 348 g/mol. The highest BCUT2D eigenvalue weighted by molar-refractivity contribution is 5.90. The van der Waals surface area contributed by atoms with Gasteiger partial charge < -0.3 is 19.7 Å². The van der Waals surface area contributed by atoms with E-state index in [2.05, 4.69) is 0 Å². The number of methoxy groups -OCH3 is 1. The molecule has 26 heavy (non-hydrogen) atoms. The van der Waals surface area contributed by atoms with Gasteiger partial charge in [-0.15, -0.1) is 0 Å². The molecule has 0 aliphatic carbocycles. The predicted molar refractivity (Wildman–Crippen MR) is 95.5 cm³/mol. The number of hydrogen-bond donors (Lipinski definition) is 2. The molecule has 0 fully saturated rings. The number of phenols is 1. The van der Waals surface area contributed by atoms with Crippen molar-refractivity contribution in [1.29, 1.82) is 0 Å². The summed E-state index contributed by atoms with van der Waals surface area (Å²) in [5.74, 6) is 0.483. The smallest absolute Gasteiger partial charge is 0.335 e. The summed E-state index contributed by atoms with van der Waals surface area (Å²) < 4.78 is 11.2. The van der Waals surface area contributed by atoms with E-state index in [0.29, 0.717) is 22.8 Å². The Morgan fingerprint density at radius 2 is 1.65 bits per heavy atom. The van der Waals surface area contributed by atoms with Crippen LogP contribution >= 0.6 is 0 Å². The van der Waals surface area contributed by atoms with Crippen LogP contribution in [-0.2, 0) is 0 Å². The normalized spacial score (nSPS) is 14.7. The molecule has 2 N–H and O–H groups in total. The van der Waals surface area contributed by atoms with E-state index < -0.39 is 5.97 Å². The number of carboxylic acid groups (broad SMARTS) is 1. The molecule has 0 amide bonds. The first-order valence-electron chi connectivity index (χ1n) is 8.09. The third kappa shape index (κ3) is 2.54. The molecule has 4 rings (SSSR count). The van der Waals surface area contributed by atoms with E-state index in [4.69, 9.17) is 9.47 Å². The Labute approximate surface area is 150 Å². The van der Waals surface area contributed by atoms with Gasteiger partial charge in [0.2, 0.25) is 0 Å². The maximum absolute atomic E-state index is 11.8. The first-order chi connectivity index (χ1) is 12.6. The summed E-state index contributed by atoms with van der Waals surface area (Å²) in [4.78, 5) is 11.8. The molecule has 0 aromatic heterocycles. The number of fused-ring (bicyclic) bond motifs is 2. The van der Waals surface area contributed by atoms with Crippen LogP contribution in [0.2, 0.25) is 0 Å². The van der Waals surface area contributed by atoms with E-state index in [9.17, 15) is 15.0 Å². The minimum absolute atomic E-state index is 0.0837. The van der Waals surface area contributed by atoms with Crippen molar-refractivity contribution in [2.24, 2.45) is 0 Å². The summed E-state index contributed by atoms with van der Waals surface area (Å²) in [6.45, 7) is 0. The third-order valence-electron chi connectivity index (χ3n) is 4.56. The fourth-order valence-corrected chi connectivity index (χ4v) is 3.38. The van der Waals surface area contributed by atoms with Gasteiger partial charge in [0.15, 0.2) is 0 Å². The van der Waals surface area contributed by atoms with Crippen molar-refractivity contribution in [1.82, 2.24) is 0 Å². The van der Waals surface area contributed by atoms with Crippen molar-refractivity contribution in [2.45, 2.75) is 5.92 Å². The van der Waals surface area contributed by atoms with Crippen molar-refractivity contribution in [2.75, 3.05) is 7.11 Å². The molecule has 1 unspecified atom stereocenters. The fraction of sp³-hybridized carbons (Fsp3) is 0.0952. The Morgan fingerprint density at radius 1 is 0.962 bits per heavy atom. The Hall–Kier alpha value is -3.47. The Morgan fingerprint density at radius 3 is 2.38 bits per heavy atom. The highest BCUT2D eigenvalue weighted by Crippen LogP contribution is 2.49. The largest absolute Gasteiger partial charge is 0.508 e. The zero-order valence-corrected chi connectivity index (χ0v) is 14.0. The van der Waals surface area contributed by atoms with Gasteiger partial charge in [-0.05, 0) is 23.8 Å². The van der Waals surface area contributed by atoms with Gasteiger partial charge in [0.25, 0.3) is 0 Å². The summed E-state index contributed by atoms with van der Waals surface area (Å²) in [6.07, 6.45) is 0. The number of aromatic hydroxyl groups is 1. The fourth-order valence-electron chi connectivity index (χ4n) is 3.38. The van der Waals surface area contributed by atoms with Gasteiger partial charge in [0.1, 0.15) is 23.0 Å². The summed E-state index contributed by atoms with van der Waals surface area (Å²) in [6, 6.07) is 17.3. The molecule has 5 heteroatoms. The van der Waals surface area contributed by atoms with Crippen LogP contribution in [0, 0.1) is 0 Å². The number of ether oxygens (including phenoxy) is 2. The second-order valence-electron chi connectivity index (χ2n) is 6.05. The molecule has 0 radical (unpaired) electrons. The average Bonchev–Trinajstić information content (AvgIpc) is 2.65. The molecule has 1 aliphatic heterocycles. The molecular weight excluding hydrogens is 332 g/mol. The SMILES string of the molecule is COc1ccc2c(c1)Oc1cc(O)ccc1C2c1ccccc1C(=O)O. The minimum atomic E-state index is -0.984. The number of carboxylic acids is 1. The summed E-state index contributed by atoms with van der Waals surface area (Å²) >= 11 is 0. The predicted octanol–water partition coefficient (Wildman–Crippen LogP) is 4.38. The highest BCUT2D eigenvalue weighted by atomic mass is 16.5. The number of rotatable bonds is 3. The molecular formula is C21H16O5. The van der Waals surface area contributed by atoms with Crippen molar-refractivity contribution in [3.63, 3.8) is 0 Å². The third-order valence-corrected chi connectivity index (χ3v) is 4.56. The van der Waals surface area contributed by atoms with E-state index in [1.54, 1.807) is 37.4 Å². The molecule has 1 aliphatic rings. The maximum atomic E-state index is 11.8. The lowest BCUT2D eigenvalue weighted by Crippen LogP contribution is -2.15. The lowest BCUT2D eigenvalue weighted by molar-refractivity contribution is 0.0695. The van der Waals surface area contributed by atoms with E-state index in [1.165, 1.54) is 6.07 Å². The Kier molecular flexibility index (Phi) is 3.77. The Balaban J connectivity index is 1.99. The Bertz CT molecular complexity index is 1010. The van der Waals surface area contributed by atoms with E-state index in [-0.39, 0.29) is 17.2 Å². The molecule has 3 aromatic rings. The highest BCUT2D eigenvalue weighted by Gasteiger charge is 2.31. The number of benzene rings is 3.